The lowest BCUT2D eigenvalue weighted by molar-refractivity contribution is 0.0945. The van der Waals surface area contributed by atoms with Crippen LogP contribution in [-0.4, -0.2) is 60.9 Å². The molecule has 1 atom stereocenters. The fraction of sp³-hybridized carbons (Fsp3) is 0.217. The molecule has 4 aromatic heterocycles. The highest BCUT2D eigenvalue weighted by Gasteiger charge is 2.31. The average Bonchev–Trinajstić information content (AvgIpc) is 3.60. The lowest BCUT2D eigenvalue weighted by Gasteiger charge is -2.19. The van der Waals surface area contributed by atoms with Gasteiger partial charge in [-0.3, -0.25) is 9.89 Å². The molecule has 1 unspecified atom stereocenters. The molecule has 0 saturated carbocycles. The first-order valence-corrected chi connectivity index (χ1v) is 10.9. The molecule has 11 nitrogen and oxygen atoms in total. The first kappa shape index (κ1) is 20.1. The summed E-state index contributed by atoms with van der Waals surface area (Å²) < 4.78 is 6.66. The molecule has 1 aromatic carbocycles. The van der Waals surface area contributed by atoms with Crippen LogP contribution in [0.2, 0.25) is 0 Å². The third-order valence-electron chi connectivity index (χ3n) is 6.11. The molecule has 0 aliphatic carbocycles. The number of nitrogens with one attached hydrogen (secondary N) is 2. The number of hydrogen-bond acceptors (Lipinski definition) is 8. The summed E-state index contributed by atoms with van der Waals surface area (Å²) in [5.74, 6) is 1.24. The molecule has 6 rings (SSSR count). The molecule has 170 valence electrons. The molecule has 5 aromatic rings. The first-order valence-electron chi connectivity index (χ1n) is 10.9. The van der Waals surface area contributed by atoms with E-state index in [2.05, 4.69) is 52.6 Å². The van der Waals surface area contributed by atoms with Crippen molar-refractivity contribution in [3.63, 3.8) is 0 Å². The number of rotatable bonds is 6. The number of amides is 1. The summed E-state index contributed by atoms with van der Waals surface area (Å²) in [6.07, 6.45) is 5.59. The van der Waals surface area contributed by atoms with Gasteiger partial charge in [-0.1, -0.05) is 18.2 Å². The quantitative estimate of drug-likeness (QED) is 0.400. The van der Waals surface area contributed by atoms with E-state index in [0.29, 0.717) is 29.4 Å². The monoisotopic (exact) mass is 455 g/mol. The summed E-state index contributed by atoms with van der Waals surface area (Å²) in [6, 6.07) is 11.8. The predicted octanol–water partition coefficient (Wildman–Crippen LogP) is 2.46. The fourth-order valence-electron chi connectivity index (χ4n) is 4.48. The first-order chi connectivity index (χ1) is 16.7. The zero-order chi connectivity index (χ0) is 23.1. The topological polar surface area (TPSA) is 126 Å². The van der Waals surface area contributed by atoms with Crippen molar-refractivity contribution in [2.75, 3.05) is 25.1 Å². The van der Waals surface area contributed by atoms with Crippen molar-refractivity contribution < 1.29 is 9.53 Å². The predicted molar refractivity (Wildman–Crippen MR) is 124 cm³/mol. The lowest BCUT2D eigenvalue weighted by atomic mass is 9.98. The smallest absolute Gasteiger partial charge is 0.271 e. The van der Waals surface area contributed by atoms with Gasteiger partial charge in [-0.25, -0.2) is 19.5 Å². The van der Waals surface area contributed by atoms with E-state index >= 15 is 0 Å². The van der Waals surface area contributed by atoms with E-state index in [4.69, 9.17) is 4.74 Å². The van der Waals surface area contributed by atoms with Crippen molar-refractivity contribution in [2.45, 2.75) is 12.3 Å². The molecule has 0 radical (unpaired) electrons. The van der Waals surface area contributed by atoms with Crippen LogP contribution in [0.25, 0.3) is 16.7 Å². The lowest BCUT2D eigenvalue weighted by Crippen LogP contribution is -2.28. The maximum Gasteiger partial charge on any atom is 0.271 e. The second-order valence-electron chi connectivity index (χ2n) is 8.03. The van der Waals surface area contributed by atoms with Crippen LogP contribution in [-0.2, 0) is 0 Å². The molecule has 34 heavy (non-hydrogen) atoms. The van der Waals surface area contributed by atoms with Crippen LogP contribution in [0.5, 0.6) is 5.88 Å². The third kappa shape index (κ3) is 3.29. The number of anilines is 2. The van der Waals surface area contributed by atoms with Gasteiger partial charge in [0.2, 0.25) is 5.88 Å². The number of nitrogens with zero attached hydrogens (tertiary/aromatic N) is 7. The number of carbonyl (C=O) groups is 1. The molecule has 11 heteroatoms. The van der Waals surface area contributed by atoms with Gasteiger partial charge in [0.15, 0.2) is 17.0 Å². The molecular weight excluding hydrogens is 434 g/mol. The summed E-state index contributed by atoms with van der Waals surface area (Å²) in [7, 11) is 1.53. The minimum Gasteiger partial charge on any atom is -0.480 e. The van der Waals surface area contributed by atoms with Gasteiger partial charge in [-0.05, 0) is 24.1 Å². The van der Waals surface area contributed by atoms with Crippen LogP contribution in [0.15, 0.2) is 55.1 Å². The Bertz CT molecular complexity index is 1510. The Hall–Kier alpha value is -4.54. The van der Waals surface area contributed by atoms with Gasteiger partial charge in [-0.2, -0.15) is 5.10 Å². The highest BCUT2D eigenvalue weighted by Crippen LogP contribution is 2.42. The third-order valence-corrected chi connectivity index (χ3v) is 6.11. The Balaban J connectivity index is 1.19. The standard InChI is InChI=1S/C23H21N9O2/c1-34-20-7-6-19-25-11-18(32(19)30-20)23(33)24-9-8-14-12-31(17-5-3-2-4-15(14)17)22-16-10-28-29-21(16)26-13-27-22/h2-7,10-11,13-14H,8-9,12H2,1H3,(H,24,33)(H,26,27,28,29). The largest absolute Gasteiger partial charge is 0.480 e. The second-order valence-corrected chi connectivity index (χ2v) is 8.03. The van der Waals surface area contributed by atoms with E-state index in [1.165, 1.54) is 23.4 Å². The summed E-state index contributed by atoms with van der Waals surface area (Å²) in [4.78, 5) is 28.1. The van der Waals surface area contributed by atoms with Crippen molar-refractivity contribution in [1.82, 2.24) is 40.1 Å². The molecule has 0 saturated heterocycles. The van der Waals surface area contributed by atoms with Gasteiger partial charge in [-0.15, -0.1) is 5.10 Å². The zero-order valence-corrected chi connectivity index (χ0v) is 18.3. The maximum atomic E-state index is 12.9. The number of ether oxygens (including phenoxy) is 1. The van der Waals surface area contributed by atoms with E-state index in [9.17, 15) is 4.79 Å². The van der Waals surface area contributed by atoms with Crippen LogP contribution in [0, 0.1) is 0 Å². The van der Waals surface area contributed by atoms with E-state index in [1.54, 1.807) is 24.7 Å². The number of imidazole rings is 1. The second kappa shape index (κ2) is 8.10. The molecular formula is C23H21N9O2. The van der Waals surface area contributed by atoms with Crippen LogP contribution in [0.3, 0.4) is 0 Å². The summed E-state index contributed by atoms with van der Waals surface area (Å²) in [6.45, 7) is 1.26. The molecule has 0 bridgehead atoms. The van der Waals surface area contributed by atoms with Crippen molar-refractivity contribution in [2.24, 2.45) is 0 Å². The number of methoxy groups -OCH3 is 1. The molecule has 1 aliphatic rings. The Labute approximate surface area is 193 Å². The van der Waals surface area contributed by atoms with E-state index in [1.807, 2.05) is 12.1 Å². The highest BCUT2D eigenvalue weighted by atomic mass is 16.5. The number of hydrogen-bond donors (Lipinski definition) is 2. The number of benzene rings is 1. The zero-order valence-electron chi connectivity index (χ0n) is 18.3. The molecule has 5 heterocycles. The van der Waals surface area contributed by atoms with Crippen molar-refractivity contribution in [3.05, 3.63) is 66.4 Å². The van der Waals surface area contributed by atoms with Crippen LogP contribution in [0.4, 0.5) is 11.5 Å². The average molecular weight is 455 g/mol. The number of H-pyrrole nitrogens is 1. The fourth-order valence-corrected chi connectivity index (χ4v) is 4.48. The highest BCUT2D eigenvalue weighted by molar-refractivity contribution is 5.93. The Kier molecular flexibility index (Phi) is 4.79. The van der Waals surface area contributed by atoms with Crippen molar-refractivity contribution in [1.29, 1.82) is 0 Å². The van der Waals surface area contributed by atoms with Crippen molar-refractivity contribution >= 4 is 34.1 Å². The minimum atomic E-state index is -0.229. The van der Waals surface area contributed by atoms with E-state index in [-0.39, 0.29) is 11.8 Å². The maximum absolute atomic E-state index is 12.9. The van der Waals surface area contributed by atoms with Crippen molar-refractivity contribution in [3.8, 4) is 5.88 Å². The van der Waals surface area contributed by atoms with Gasteiger partial charge < -0.3 is 15.0 Å². The molecule has 0 fully saturated rings. The van der Waals surface area contributed by atoms with E-state index in [0.717, 1.165) is 29.9 Å². The molecule has 1 amide bonds. The summed E-state index contributed by atoms with van der Waals surface area (Å²) in [5.41, 5.74) is 4.00. The number of aromatic nitrogens is 7. The van der Waals surface area contributed by atoms with E-state index < -0.39 is 0 Å². The molecule has 1 aliphatic heterocycles. The number of fused-ring (bicyclic) bond motifs is 3. The Morgan fingerprint density at radius 1 is 1.18 bits per heavy atom. The van der Waals surface area contributed by atoms with Gasteiger partial charge >= 0.3 is 0 Å². The number of aromatic amines is 1. The SMILES string of the molecule is COc1ccc2ncc(C(=O)NCCC3CN(c4ncnc5[nH]ncc45)c4ccccc43)n2n1. The Morgan fingerprint density at radius 2 is 2.09 bits per heavy atom. The number of carbonyl (C=O) groups excluding carboxylic acids is 1. The van der Waals surface area contributed by atoms with Gasteiger partial charge in [0, 0.05) is 30.8 Å². The van der Waals surface area contributed by atoms with Crippen LogP contribution >= 0.6 is 0 Å². The van der Waals surface area contributed by atoms with Crippen LogP contribution < -0.4 is 15.0 Å². The number of para-hydroxylation sites is 1. The molecule has 2 N–H and O–H groups in total. The molecule has 0 spiro atoms. The van der Waals surface area contributed by atoms with Gasteiger partial charge in [0.25, 0.3) is 5.91 Å². The summed E-state index contributed by atoms with van der Waals surface area (Å²) in [5, 5.41) is 15.2. The Morgan fingerprint density at radius 3 is 3.00 bits per heavy atom. The van der Waals surface area contributed by atoms with Crippen LogP contribution in [0.1, 0.15) is 28.4 Å². The minimum absolute atomic E-state index is 0.229. The van der Waals surface area contributed by atoms with Gasteiger partial charge in [0.05, 0.1) is 24.9 Å². The summed E-state index contributed by atoms with van der Waals surface area (Å²) >= 11 is 0. The normalized spacial score (nSPS) is 15.1. The van der Waals surface area contributed by atoms with Gasteiger partial charge in [0.1, 0.15) is 12.1 Å².